The van der Waals surface area contributed by atoms with Crippen molar-refractivity contribution in [3.05, 3.63) is 0 Å². The van der Waals surface area contributed by atoms with E-state index in [9.17, 15) is 14.4 Å². The number of amides is 2. The highest BCUT2D eigenvalue weighted by atomic mass is 32.2. The van der Waals surface area contributed by atoms with Crippen molar-refractivity contribution in [1.82, 2.24) is 10.6 Å². The molecule has 116 valence electrons. The molecule has 0 radical (unpaired) electrons. The Hall–Kier alpha value is -1.75. The van der Waals surface area contributed by atoms with Crippen molar-refractivity contribution in [3.63, 3.8) is 0 Å². The van der Waals surface area contributed by atoms with E-state index in [2.05, 4.69) is 16.7 Å². The minimum absolute atomic E-state index is 0.0490. The van der Waals surface area contributed by atoms with Crippen LogP contribution in [-0.4, -0.2) is 46.0 Å². The SMILES string of the molecule is CC(=O)NC(CSCC(=O)NC(C)(C#N)C1CC1)C(=O)O. The Morgan fingerprint density at radius 3 is 2.52 bits per heavy atom. The maximum atomic E-state index is 11.8. The molecule has 1 aliphatic rings. The third-order valence-corrected chi connectivity index (χ3v) is 4.25. The summed E-state index contributed by atoms with van der Waals surface area (Å²) in [5, 5.41) is 23.0. The summed E-state index contributed by atoms with van der Waals surface area (Å²) in [5.74, 6) is -1.54. The summed E-state index contributed by atoms with van der Waals surface area (Å²) < 4.78 is 0. The average molecular weight is 313 g/mol. The van der Waals surface area contributed by atoms with Crippen LogP contribution in [0.5, 0.6) is 0 Å². The van der Waals surface area contributed by atoms with Gasteiger partial charge in [0, 0.05) is 12.7 Å². The zero-order valence-corrected chi connectivity index (χ0v) is 12.8. The van der Waals surface area contributed by atoms with Crippen LogP contribution in [0.15, 0.2) is 0 Å². The van der Waals surface area contributed by atoms with Gasteiger partial charge in [-0.2, -0.15) is 5.26 Å². The van der Waals surface area contributed by atoms with Crippen LogP contribution in [0.4, 0.5) is 0 Å². The standard InChI is InChI=1S/C13H19N3O4S/c1-8(17)15-10(12(19)20)5-21-6-11(18)16-13(2,7-14)9-3-4-9/h9-10H,3-6H2,1-2H3,(H,15,17)(H,16,18)(H,19,20). The first kappa shape index (κ1) is 17.3. The zero-order chi connectivity index (χ0) is 16.0. The third kappa shape index (κ3) is 5.63. The molecule has 2 unspecified atom stereocenters. The fourth-order valence-electron chi connectivity index (χ4n) is 1.90. The summed E-state index contributed by atoms with van der Waals surface area (Å²) in [6.45, 7) is 2.94. The lowest BCUT2D eigenvalue weighted by Crippen LogP contribution is -2.47. The van der Waals surface area contributed by atoms with Gasteiger partial charge >= 0.3 is 5.97 Å². The Labute approximate surface area is 127 Å². The van der Waals surface area contributed by atoms with Gasteiger partial charge in [-0.05, 0) is 25.7 Å². The predicted octanol–water partition coefficient (Wildman–Crippen LogP) is 0.117. The van der Waals surface area contributed by atoms with E-state index in [0.29, 0.717) is 0 Å². The second-order valence-electron chi connectivity index (χ2n) is 5.24. The van der Waals surface area contributed by atoms with Gasteiger partial charge in [-0.25, -0.2) is 4.79 Å². The number of carbonyl (C=O) groups is 3. The van der Waals surface area contributed by atoms with Gasteiger partial charge in [0.05, 0.1) is 11.8 Å². The second-order valence-corrected chi connectivity index (χ2v) is 6.27. The van der Waals surface area contributed by atoms with Crippen LogP contribution >= 0.6 is 11.8 Å². The lowest BCUT2D eigenvalue weighted by Gasteiger charge is -2.22. The molecule has 2 atom stereocenters. The molecule has 3 N–H and O–H groups in total. The number of nitriles is 1. The molecule has 0 aromatic heterocycles. The molecule has 0 aromatic carbocycles. The summed E-state index contributed by atoms with van der Waals surface area (Å²) in [4.78, 5) is 33.6. The Bertz CT molecular complexity index is 473. The van der Waals surface area contributed by atoms with Gasteiger partial charge in [-0.3, -0.25) is 9.59 Å². The van der Waals surface area contributed by atoms with Crippen molar-refractivity contribution < 1.29 is 19.5 Å². The van der Waals surface area contributed by atoms with Crippen LogP contribution in [-0.2, 0) is 14.4 Å². The van der Waals surface area contributed by atoms with Gasteiger partial charge in [0.1, 0.15) is 11.6 Å². The van der Waals surface area contributed by atoms with Crippen molar-refractivity contribution in [2.24, 2.45) is 5.92 Å². The number of hydrogen-bond acceptors (Lipinski definition) is 5. The van der Waals surface area contributed by atoms with Gasteiger partial charge in [-0.1, -0.05) is 0 Å². The number of aliphatic carboxylic acids is 1. The van der Waals surface area contributed by atoms with Crippen LogP contribution < -0.4 is 10.6 Å². The molecule has 8 heteroatoms. The third-order valence-electron chi connectivity index (χ3n) is 3.22. The number of hydrogen-bond donors (Lipinski definition) is 3. The summed E-state index contributed by atoms with van der Waals surface area (Å²) in [5.41, 5.74) is -0.846. The summed E-state index contributed by atoms with van der Waals surface area (Å²) in [6.07, 6.45) is 1.86. The minimum atomic E-state index is -1.14. The van der Waals surface area contributed by atoms with Crippen LogP contribution in [0, 0.1) is 17.2 Å². The largest absolute Gasteiger partial charge is 0.480 e. The molecule has 2 amide bonds. The number of rotatable bonds is 8. The van der Waals surface area contributed by atoms with Crippen molar-refractivity contribution in [1.29, 1.82) is 5.26 Å². The monoisotopic (exact) mass is 313 g/mol. The van der Waals surface area contributed by atoms with Gasteiger partial charge in [0.2, 0.25) is 11.8 Å². The van der Waals surface area contributed by atoms with Crippen LogP contribution in [0.1, 0.15) is 26.7 Å². The van der Waals surface area contributed by atoms with Gasteiger partial charge in [0.15, 0.2) is 0 Å². The topological polar surface area (TPSA) is 119 Å². The maximum Gasteiger partial charge on any atom is 0.327 e. The summed E-state index contributed by atoms with van der Waals surface area (Å²) >= 11 is 1.11. The quantitative estimate of drug-likeness (QED) is 0.585. The van der Waals surface area contributed by atoms with E-state index in [1.165, 1.54) is 6.92 Å². The minimum Gasteiger partial charge on any atom is -0.480 e. The molecule has 1 saturated carbocycles. The molecule has 1 fully saturated rings. The lowest BCUT2D eigenvalue weighted by atomic mass is 9.98. The maximum absolute atomic E-state index is 11.8. The number of carboxylic acid groups (broad SMARTS) is 1. The van der Waals surface area contributed by atoms with Crippen LogP contribution in [0.25, 0.3) is 0 Å². The fourth-order valence-corrected chi connectivity index (χ4v) is 2.73. The van der Waals surface area contributed by atoms with Crippen LogP contribution in [0.3, 0.4) is 0 Å². The molecule has 0 bridgehead atoms. The van der Waals surface area contributed by atoms with E-state index >= 15 is 0 Å². The summed E-state index contributed by atoms with van der Waals surface area (Å²) in [6, 6.07) is 1.10. The Morgan fingerprint density at radius 2 is 2.10 bits per heavy atom. The molecule has 0 aliphatic heterocycles. The van der Waals surface area contributed by atoms with E-state index in [1.54, 1.807) is 6.92 Å². The number of carbonyl (C=O) groups excluding carboxylic acids is 2. The molecular formula is C13H19N3O4S. The van der Waals surface area contributed by atoms with Crippen molar-refractivity contribution >= 4 is 29.5 Å². The summed E-state index contributed by atoms with van der Waals surface area (Å²) in [7, 11) is 0. The second kappa shape index (κ2) is 7.31. The molecule has 0 heterocycles. The molecule has 21 heavy (non-hydrogen) atoms. The zero-order valence-electron chi connectivity index (χ0n) is 12.0. The van der Waals surface area contributed by atoms with E-state index in [-0.39, 0.29) is 23.3 Å². The molecule has 1 aliphatic carbocycles. The van der Waals surface area contributed by atoms with Crippen molar-refractivity contribution in [3.8, 4) is 6.07 Å². The lowest BCUT2D eigenvalue weighted by molar-refractivity contribution is -0.140. The Kier molecular flexibility index (Phi) is 6.03. The van der Waals surface area contributed by atoms with Gasteiger partial charge in [-0.15, -0.1) is 11.8 Å². The van der Waals surface area contributed by atoms with Gasteiger partial charge in [0.25, 0.3) is 0 Å². The molecule has 1 rings (SSSR count). The van der Waals surface area contributed by atoms with E-state index in [4.69, 9.17) is 10.4 Å². The predicted molar refractivity (Wildman–Crippen MR) is 77.5 cm³/mol. The fraction of sp³-hybridized carbons (Fsp3) is 0.692. The van der Waals surface area contributed by atoms with Crippen molar-refractivity contribution in [2.75, 3.05) is 11.5 Å². The first-order valence-electron chi connectivity index (χ1n) is 6.58. The first-order valence-corrected chi connectivity index (χ1v) is 7.74. The molecular weight excluding hydrogens is 294 g/mol. The van der Waals surface area contributed by atoms with E-state index < -0.39 is 23.5 Å². The number of nitrogens with one attached hydrogen (secondary N) is 2. The van der Waals surface area contributed by atoms with Gasteiger partial charge < -0.3 is 15.7 Å². The molecule has 7 nitrogen and oxygen atoms in total. The average Bonchev–Trinajstić information content (AvgIpc) is 3.21. The van der Waals surface area contributed by atoms with Crippen molar-refractivity contribution in [2.45, 2.75) is 38.3 Å². The van der Waals surface area contributed by atoms with E-state index in [0.717, 1.165) is 24.6 Å². The highest BCUT2D eigenvalue weighted by Gasteiger charge is 2.42. The number of thioether (sulfide) groups is 1. The molecule has 0 saturated heterocycles. The molecule has 0 spiro atoms. The first-order chi connectivity index (χ1) is 9.78. The number of carboxylic acids is 1. The number of nitrogens with zero attached hydrogens (tertiary/aromatic N) is 1. The van der Waals surface area contributed by atoms with E-state index in [1.807, 2.05) is 0 Å². The highest BCUT2D eigenvalue weighted by molar-refractivity contribution is 8.00. The molecule has 0 aromatic rings. The normalized spacial score (nSPS) is 18.0. The highest BCUT2D eigenvalue weighted by Crippen LogP contribution is 2.39. The smallest absolute Gasteiger partial charge is 0.327 e. The van der Waals surface area contributed by atoms with Crippen LogP contribution in [0.2, 0.25) is 0 Å². The Morgan fingerprint density at radius 1 is 1.48 bits per heavy atom. The Balaban J connectivity index is 2.37.